The zero-order chi connectivity index (χ0) is 26.3. The number of fused-ring (bicyclic) bond motifs is 1. The van der Waals surface area contributed by atoms with Gasteiger partial charge in [-0.3, -0.25) is 4.79 Å². The molecule has 0 atom stereocenters. The maximum absolute atomic E-state index is 12.3. The summed E-state index contributed by atoms with van der Waals surface area (Å²) in [6, 6.07) is 12.0. The third-order valence-corrected chi connectivity index (χ3v) is 9.08. The second kappa shape index (κ2) is 9.84. The molecule has 1 amide bonds. The monoisotopic (exact) mass is 518 g/mol. The van der Waals surface area contributed by atoms with Crippen LogP contribution in [0.5, 0.6) is 0 Å². The first-order valence-corrected chi connectivity index (χ1v) is 14.6. The highest BCUT2D eigenvalue weighted by atomic mass is 32.2. The van der Waals surface area contributed by atoms with Crippen LogP contribution in [0.2, 0.25) is 0 Å². The Balaban J connectivity index is 1.55. The number of sulfonamides is 1. The molecule has 2 heterocycles. The first-order chi connectivity index (χ1) is 17.6. The Bertz CT molecular complexity index is 1530. The Hall–Kier alpha value is -3.36. The van der Waals surface area contributed by atoms with Crippen LogP contribution in [0.25, 0.3) is 27.6 Å². The molecule has 5 rings (SSSR count). The van der Waals surface area contributed by atoms with Gasteiger partial charge >= 0.3 is 0 Å². The van der Waals surface area contributed by atoms with Crippen LogP contribution < -0.4 is 11.1 Å². The largest absolute Gasteiger partial charge is 0.366 e. The molecule has 1 aliphatic carbocycles. The second-order valence-corrected chi connectivity index (χ2v) is 12.2. The number of aromatic nitrogens is 1. The van der Waals surface area contributed by atoms with Gasteiger partial charge in [0.15, 0.2) is 0 Å². The van der Waals surface area contributed by atoms with Gasteiger partial charge in [-0.2, -0.15) is 4.31 Å². The average molecular weight is 519 g/mol. The summed E-state index contributed by atoms with van der Waals surface area (Å²) in [7, 11) is -3.23. The molecular formula is C29H34N4O3S. The highest BCUT2D eigenvalue weighted by Gasteiger charge is 2.23. The lowest BCUT2D eigenvalue weighted by Gasteiger charge is -2.23. The van der Waals surface area contributed by atoms with Crippen LogP contribution in [-0.2, 0) is 10.0 Å². The maximum Gasteiger partial charge on any atom is 0.250 e. The predicted octanol–water partition coefficient (Wildman–Crippen LogP) is 5.41. The van der Waals surface area contributed by atoms with Crippen molar-refractivity contribution in [2.24, 2.45) is 11.7 Å². The summed E-state index contributed by atoms with van der Waals surface area (Å²) in [6.07, 6.45) is 8.63. The van der Waals surface area contributed by atoms with Crippen LogP contribution in [0.1, 0.15) is 53.7 Å². The number of hydrogen-bond donors (Lipinski definition) is 3. The van der Waals surface area contributed by atoms with E-state index >= 15 is 0 Å². The van der Waals surface area contributed by atoms with E-state index in [0.29, 0.717) is 36.5 Å². The van der Waals surface area contributed by atoms with Gasteiger partial charge in [0.05, 0.1) is 17.3 Å². The van der Waals surface area contributed by atoms with Crippen LogP contribution >= 0.6 is 0 Å². The number of allylic oxidation sites excluding steroid dienone is 1. The lowest BCUT2D eigenvalue weighted by Crippen LogP contribution is -2.33. The van der Waals surface area contributed by atoms with Gasteiger partial charge in [-0.1, -0.05) is 43.7 Å². The second-order valence-electron chi connectivity index (χ2n) is 10.2. The molecule has 3 aromatic rings. The standard InChI is InChI=1S/C29H34N4O3S/c1-18-22(9-6-10-26(18)31-19(2)20-7-4-5-8-20)23-11-12-24(29(30)34)28-25(23)17-27(32-28)21-13-15-33(16-14-21)37(3,35)36/h6,9-13,17,20,31-32H,2,4-5,7-8,14-16H2,1,3H3,(H2,30,34). The van der Waals surface area contributed by atoms with Crippen molar-refractivity contribution in [3.05, 3.63) is 71.6 Å². The van der Waals surface area contributed by atoms with Crippen molar-refractivity contribution in [2.45, 2.75) is 39.0 Å². The van der Waals surface area contributed by atoms with E-state index in [0.717, 1.165) is 44.7 Å². The molecule has 1 aromatic heterocycles. The smallest absolute Gasteiger partial charge is 0.250 e. The zero-order valence-corrected chi connectivity index (χ0v) is 22.2. The summed E-state index contributed by atoms with van der Waals surface area (Å²) in [5.41, 5.74) is 14.0. The van der Waals surface area contributed by atoms with Crippen molar-refractivity contribution in [1.82, 2.24) is 9.29 Å². The number of rotatable bonds is 7. The number of nitrogens with two attached hydrogens (primary N) is 1. The summed E-state index contributed by atoms with van der Waals surface area (Å²) in [6.45, 7) is 7.17. The van der Waals surface area contributed by atoms with Crippen molar-refractivity contribution in [3.8, 4) is 11.1 Å². The fraction of sp³-hybridized carbons (Fsp3) is 0.345. The van der Waals surface area contributed by atoms with Crippen LogP contribution in [-0.4, -0.2) is 43.0 Å². The van der Waals surface area contributed by atoms with Gasteiger partial charge in [0, 0.05) is 35.6 Å². The fourth-order valence-electron chi connectivity index (χ4n) is 5.64. The van der Waals surface area contributed by atoms with E-state index < -0.39 is 15.9 Å². The molecule has 2 aromatic carbocycles. The molecular weight excluding hydrogens is 484 g/mol. The van der Waals surface area contributed by atoms with Crippen LogP contribution in [0.15, 0.2) is 54.8 Å². The molecule has 1 aliphatic heterocycles. The Labute approximate surface area is 218 Å². The van der Waals surface area contributed by atoms with E-state index in [-0.39, 0.29) is 0 Å². The summed E-state index contributed by atoms with van der Waals surface area (Å²) >= 11 is 0. The van der Waals surface area contributed by atoms with Gasteiger partial charge in [-0.25, -0.2) is 8.42 Å². The topological polar surface area (TPSA) is 108 Å². The van der Waals surface area contributed by atoms with Crippen LogP contribution in [0, 0.1) is 12.8 Å². The molecule has 0 radical (unpaired) electrons. The van der Waals surface area contributed by atoms with E-state index in [1.54, 1.807) is 6.07 Å². The molecule has 0 saturated heterocycles. The first kappa shape index (κ1) is 25.3. The zero-order valence-electron chi connectivity index (χ0n) is 21.4. The molecule has 37 heavy (non-hydrogen) atoms. The van der Waals surface area contributed by atoms with E-state index in [4.69, 9.17) is 5.73 Å². The molecule has 0 unspecified atom stereocenters. The number of H-pyrrole nitrogens is 1. The van der Waals surface area contributed by atoms with E-state index in [1.807, 2.05) is 18.2 Å². The lowest BCUT2D eigenvalue weighted by molar-refractivity contribution is 0.100. The third-order valence-electron chi connectivity index (χ3n) is 7.81. The molecule has 1 saturated carbocycles. The van der Waals surface area contributed by atoms with Gasteiger partial charge in [0.25, 0.3) is 5.91 Å². The number of anilines is 1. The minimum Gasteiger partial charge on any atom is -0.366 e. The van der Waals surface area contributed by atoms with E-state index in [2.05, 4.69) is 42.0 Å². The Kier molecular flexibility index (Phi) is 6.72. The van der Waals surface area contributed by atoms with Gasteiger partial charge in [-0.05, 0) is 72.6 Å². The first-order valence-electron chi connectivity index (χ1n) is 12.8. The minimum absolute atomic E-state index is 0.330. The molecule has 0 spiro atoms. The van der Waals surface area contributed by atoms with E-state index in [1.165, 1.54) is 36.2 Å². The van der Waals surface area contributed by atoms with E-state index in [9.17, 15) is 13.2 Å². The van der Waals surface area contributed by atoms with Gasteiger partial charge in [0.2, 0.25) is 10.0 Å². The summed E-state index contributed by atoms with van der Waals surface area (Å²) in [5, 5.41) is 4.48. The average Bonchev–Trinajstić information content (AvgIpc) is 3.55. The van der Waals surface area contributed by atoms with Gasteiger partial charge in [0.1, 0.15) is 0 Å². The van der Waals surface area contributed by atoms with Crippen molar-refractivity contribution in [2.75, 3.05) is 24.7 Å². The molecule has 4 N–H and O–H groups in total. The fourth-order valence-corrected chi connectivity index (χ4v) is 6.41. The summed E-state index contributed by atoms with van der Waals surface area (Å²) in [4.78, 5) is 15.7. The number of amides is 1. The quantitative estimate of drug-likeness (QED) is 0.389. The number of aromatic amines is 1. The minimum atomic E-state index is -3.23. The Morgan fingerprint density at radius 2 is 1.92 bits per heavy atom. The van der Waals surface area contributed by atoms with Crippen molar-refractivity contribution < 1.29 is 13.2 Å². The molecule has 194 valence electrons. The van der Waals surface area contributed by atoms with Crippen molar-refractivity contribution in [3.63, 3.8) is 0 Å². The maximum atomic E-state index is 12.3. The number of primary amides is 1. The highest BCUT2D eigenvalue weighted by molar-refractivity contribution is 7.88. The highest BCUT2D eigenvalue weighted by Crippen LogP contribution is 2.38. The van der Waals surface area contributed by atoms with Gasteiger partial charge in [-0.15, -0.1) is 0 Å². The molecule has 7 nitrogen and oxygen atoms in total. The van der Waals surface area contributed by atoms with Crippen molar-refractivity contribution >= 4 is 38.1 Å². The number of benzene rings is 2. The van der Waals surface area contributed by atoms with Crippen molar-refractivity contribution in [1.29, 1.82) is 0 Å². The predicted molar refractivity (Wildman–Crippen MR) is 151 cm³/mol. The lowest BCUT2D eigenvalue weighted by atomic mass is 9.94. The Morgan fingerprint density at radius 1 is 1.16 bits per heavy atom. The van der Waals surface area contributed by atoms with Crippen LogP contribution in [0.3, 0.4) is 0 Å². The number of carbonyl (C=O) groups is 1. The number of hydrogen-bond acceptors (Lipinski definition) is 4. The third kappa shape index (κ3) is 4.95. The number of nitrogens with zero attached hydrogens (tertiary/aromatic N) is 1. The molecule has 0 bridgehead atoms. The summed E-state index contributed by atoms with van der Waals surface area (Å²) in [5.74, 6) is 0.0186. The SMILES string of the molecule is C=C(Nc1cccc(-c2ccc(C(N)=O)c3[nH]c(C4=CCN(S(C)(=O)=O)CC4)cc23)c1C)C1CCCC1. The molecule has 1 fully saturated rings. The summed E-state index contributed by atoms with van der Waals surface area (Å²) < 4.78 is 25.3. The van der Waals surface area contributed by atoms with Crippen LogP contribution in [0.4, 0.5) is 5.69 Å². The molecule has 2 aliphatic rings. The number of carbonyl (C=O) groups excluding carboxylic acids is 1. The Morgan fingerprint density at radius 3 is 2.57 bits per heavy atom. The molecule has 8 heteroatoms. The normalized spacial score (nSPS) is 17.2. The number of nitrogens with one attached hydrogen (secondary N) is 2. The van der Waals surface area contributed by atoms with Gasteiger partial charge < -0.3 is 16.0 Å².